The molecule has 0 fully saturated rings. The van der Waals surface area contributed by atoms with Gasteiger partial charge in [0.05, 0.1) is 6.61 Å². The molecular weight excluding hydrogens is 229 g/mol. The zero-order chi connectivity index (χ0) is 13.0. The number of aromatic nitrogens is 1. The number of ether oxygens (including phenoxy) is 1. The summed E-state index contributed by atoms with van der Waals surface area (Å²) < 4.78 is 17.5. The highest BCUT2D eigenvalue weighted by Gasteiger charge is 2.28. The molecule has 0 aromatic carbocycles. The Balaban J connectivity index is 2.91. The highest BCUT2D eigenvalue weighted by molar-refractivity contribution is 5.75. The third-order valence-electron chi connectivity index (χ3n) is 2.26. The normalized spacial score (nSPS) is 14.2. The van der Waals surface area contributed by atoms with Crippen LogP contribution in [-0.2, 0) is 9.53 Å². The summed E-state index contributed by atoms with van der Waals surface area (Å²) in [5.74, 6) is -1.74. The molecule has 1 heterocycles. The molecule has 0 saturated carbocycles. The minimum atomic E-state index is -1.74. The van der Waals surface area contributed by atoms with Crippen LogP contribution in [0.2, 0.25) is 0 Å². The SMILES string of the molecule is CCOC(=O)C(O)C(O)c1cc(F)ncc1C. The average molecular weight is 243 g/mol. The summed E-state index contributed by atoms with van der Waals surface area (Å²) in [5.41, 5.74) is 0.584. The highest BCUT2D eigenvalue weighted by atomic mass is 19.1. The number of carbonyl (C=O) groups is 1. The molecule has 0 saturated heterocycles. The predicted octanol–water partition coefficient (Wildman–Crippen LogP) is 0.487. The maximum Gasteiger partial charge on any atom is 0.338 e. The summed E-state index contributed by atoms with van der Waals surface area (Å²) in [5, 5.41) is 19.3. The summed E-state index contributed by atoms with van der Waals surface area (Å²) in [6.07, 6.45) is -2.06. The van der Waals surface area contributed by atoms with Crippen molar-refractivity contribution >= 4 is 5.97 Å². The quantitative estimate of drug-likeness (QED) is 0.594. The number of carbonyl (C=O) groups excluding carboxylic acids is 1. The minimum Gasteiger partial charge on any atom is -0.464 e. The van der Waals surface area contributed by atoms with E-state index in [9.17, 15) is 19.4 Å². The molecule has 2 atom stereocenters. The fourth-order valence-electron chi connectivity index (χ4n) is 1.36. The fraction of sp³-hybridized carbons (Fsp3) is 0.455. The van der Waals surface area contributed by atoms with Gasteiger partial charge in [0.15, 0.2) is 6.10 Å². The first-order valence-electron chi connectivity index (χ1n) is 5.12. The molecule has 1 rings (SSSR count). The number of rotatable bonds is 4. The smallest absolute Gasteiger partial charge is 0.338 e. The first-order chi connectivity index (χ1) is 7.97. The Morgan fingerprint density at radius 3 is 2.82 bits per heavy atom. The molecule has 6 heteroatoms. The van der Waals surface area contributed by atoms with Gasteiger partial charge in [-0.15, -0.1) is 0 Å². The standard InChI is InChI=1S/C11H14FNO4/c1-3-17-11(16)10(15)9(14)7-4-8(12)13-5-6(7)2/h4-5,9-10,14-15H,3H2,1-2H3. The maximum absolute atomic E-state index is 12.9. The van der Waals surface area contributed by atoms with Gasteiger partial charge in [0.25, 0.3) is 0 Å². The zero-order valence-corrected chi connectivity index (χ0v) is 9.55. The van der Waals surface area contributed by atoms with Gasteiger partial charge in [0.2, 0.25) is 5.95 Å². The second kappa shape index (κ2) is 5.70. The van der Waals surface area contributed by atoms with Crippen molar-refractivity contribution in [1.82, 2.24) is 4.98 Å². The van der Waals surface area contributed by atoms with Gasteiger partial charge in [-0.05, 0) is 31.0 Å². The van der Waals surface area contributed by atoms with E-state index in [4.69, 9.17) is 0 Å². The first-order valence-corrected chi connectivity index (χ1v) is 5.12. The summed E-state index contributed by atoms with van der Waals surface area (Å²) in [6.45, 7) is 3.25. The van der Waals surface area contributed by atoms with Crippen LogP contribution in [-0.4, -0.2) is 33.9 Å². The van der Waals surface area contributed by atoms with E-state index >= 15 is 0 Å². The van der Waals surface area contributed by atoms with E-state index in [1.54, 1.807) is 13.8 Å². The predicted molar refractivity (Wildman–Crippen MR) is 56.5 cm³/mol. The van der Waals surface area contributed by atoms with E-state index in [2.05, 4.69) is 9.72 Å². The minimum absolute atomic E-state index is 0.0896. The van der Waals surface area contributed by atoms with Crippen molar-refractivity contribution in [3.8, 4) is 0 Å². The third kappa shape index (κ3) is 3.21. The van der Waals surface area contributed by atoms with Gasteiger partial charge in [-0.2, -0.15) is 4.39 Å². The van der Waals surface area contributed by atoms with Crippen molar-refractivity contribution < 1.29 is 24.1 Å². The monoisotopic (exact) mass is 243 g/mol. The molecule has 0 spiro atoms. The molecule has 1 aromatic rings. The van der Waals surface area contributed by atoms with Crippen LogP contribution >= 0.6 is 0 Å². The van der Waals surface area contributed by atoms with Crippen LogP contribution in [0.15, 0.2) is 12.3 Å². The highest BCUT2D eigenvalue weighted by Crippen LogP contribution is 2.21. The van der Waals surface area contributed by atoms with Crippen LogP contribution in [0.5, 0.6) is 0 Å². The molecular formula is C11H14FNO4. The lowest BCUT2D eigenvalue weighted by molar-refractivity contribution is -0.159. The third-order valence-corrected chi connectivity index (χ3v) is 2.26. The molecule has 0 aliphatic rings. The number of hydrogen-bond acceptors (Lipinski definition) is 5. The molecule has 0 aliphatic carbocycles. The molecule has 17 heavy (non-hydrogen) atoms. The zero-order valence-electron chi connectivity index (χ0n) is 9.55. The second-order valence-electron chi connectivity index (χ2n) is 3.51. The number of aryl methyl sites for hydroxylation is 1. The van der Waals surface area contributed by atoms with Crippen LogP contribution in [0.25, 0.3) is 0 Å². The van der Waals surface area contributed by atoms with Gasteiger partial charge in [0, 0.05) is 6.20 Å². The Morgan fingerprint density at radius 1 is 1.59 bits per heavy atom. The Hall–Kier alpha value is -1.53. The van der Waals surface area contributed by atoms with E-state index in [1.807, 2.05) is 0 Å². The van der Waals surface area contributed by atoms with Crippen LogP contribution < -0.4 is 0 Å². The molecule has 2 unspecified atom stereocenters. The lowest BCUT2D eigenvalue weighted by Gasteiger charge is -2.18. The Morgan fingerprint density at radius 2 is 2.24 bits per heavy atom. The maximum atomic E-state index is 12.9. The molecule has 2 N–H and O–H groups in total. The van der Waals surface area contributed by atoms with Gasteiger partial charge in [-0.25, -0.2) is 9.78 Å². The van der Waals surface area contributed by atoms with Crippen molar-refractivity contribution in [3.63, 3.8) is 0 Å². The number of hydrogen-bond donors (Lipinski definition) is 2. The van der Waals surface area contributed by atoms with Crippen LogP contribution in [0, 0.1) is 12.9 Å². The second-order valence-corrected chi connectivity index (χ2v) is 3.51. The summed E-state index contributed by atoms with van der Waals surface area (Å²) in [7, 11) is 0. The largest absolute Gasteiger partial charge is 0.464 e. The van der Waals surface area contributed by atoms with E-state index in [0.29, 0.717) is 5.56 Å². The van der Waals surface area contributed by atoms with Crippen molar-refractivity contribution in [2.45, 2.75) is 26.1 Å². The number of esters is 1. The summed E-state index contributed by atoms with van der Waals surface area (Å²) in [6, 6.07) is 0.975. The molecule has 0 aliphatic heterocycles. The fourth-order valence-corrected chi connectivity index (χ4v) is 1.36. The van der Waals surface area contributed by atoms with Crippen molar-refractivity contribution in [3.05, 3.63) is 29.3 Å². The molecule has 94 valence electrons. The molecule has 0 radical (unpaired) electrons. The van der Waals surface area contributed by atoms with Gasteiger partial charge >= 0.3 is 5.97 Å². The summed E-state index contributed by atoms with van der Waals surface area (Å²) in [4.78, 5) is 14.6. The van der Waals surface area contributed by atoms with Crippen LogP contribution in [0.3, 0.4) is 0 Å². The first kappa shape index (κ1) is 13.5. The van der Waals surface area contributed by atoms with E-state index < -0.39 is 24.1 Å². The van der Waals surface area contributed by atoms with Crippen molar-refractivity contribution in [1.29, 1.82) is 0 Å². The van der Waals surface area contributed by atoms with E-state index in [-0.39, 0.29) is 12.2 Å². The van der Waals surface area contributed by atoms with Crippen LogP contribution in [0.1, 0.15) is 24.2 Å². The van der Waals surface area contributed by atoms with E-state index in [0.717, 1.165) is 6.07 Å². The van der Waals surface area contributed by atoms with Crippen molar-refractivity contribution in [2.24, 2.45) is 0 Å². The Bertz CT molecular complexity index is 410. The summed E-state index contributed by atoms with van der Waals surface area (Å²) >= 11 is 0. The lowest BCUT2D eigenvalue weighted by atomic mass is 10.0. The molecule has 0 amide bonds. The lowest BCUT2D eigenvalue weighted by Crippen LogP contribution is -2.30. The van der Waals surface area contributed by atoms with Crippen molar-refractivity contribution in [2.75, 3.05) is 6.61 Å². The van der Waals surface area contributed by atoms with Gasteiger partial charge in [0.1, 0.15) is 6.10 Å². The number of nitrogens with zero attached hydrogens (tertiary/aromatic N) is 1. The van der Waals surface area contributed by atoms with Gasteiger partial charge in [-0.3, -0.25) is 0 Å². The number of aliphatic hydroxyl groups excluding tert-OH is 2. The number of pyridine rings is 1. The van der Waals surface area contributed by atoms with Gasteiger partial charge < -0.3 is 14.9 Å². The molecule has 0 bridgehead atoms. The van der Waals surface area contributed by atoms with E-state index in [1.165, 1.54) is 6.20 Å². The topological polar surface area (TPSA) is 79.7 Å². The number of halogens is 1. The Labute approximate surface area is 97.9 Å². The Kier molecular flexibility index (Phi) is 4.53. The molecule has 1 aromatic heterocycles. The van der Waals surface area contributed by atoms with Gasteiger partial charge in [-0.1, -0.05) is 0 Å². The molecule has 5 nitrogen and oxygen atoms in total. The van der Waals surface area contributed by atoms with Crippen LogP contribution in [0.4, 0.5) is 4.39 Å². The average Bonchev–Trinajstić information content (AvgIpc) is 2.30. The number of aliphatic hydroxyl groups is 2.